The first kappa shape index (κ1) is 12.4. The molecule has 0 amide bonds. The standard InChI is InChI=1S/C12H14FNO2/c1-8(12(15)16-2)11(7-14)9-3-5-10(13)6-4-9/h3-8,11,14H,1-2H3. The van der Waals surface area contributed by atoms with E-state index in [1.807, 2.05) is 0 Å². The predicted octanol–water partition coefficient (Wildman–Crippen LogP) is 2.37. The lowest BCUT2D eigenvalue weighted by atomic mass is 9.88. The fraction of sp³-hybridized carbons (Fsp3) is 0.333. The zero-order chi connectivity index (χ0) is 12.1. The van der Waals surface area contributed by atoms with Crippen LogP contribution in [0.5, 0.6) is 0 Å². The number of esters is 1. The maximum atomic E-state index is 12.7. The van der Waals surface area contributed by atoms with Gasteiger partial charge in [-0.15, -0.1) is 0 Å². The SMILES string of the molecule is COC(=O)C(C)C(C=N)c1ccc(F)cc1. The Hall–Kier alpha value is -1.71. The maximum absolute atomic E-state index is 12.7. The first-order valence-corrected chi connectivity index (χ1v) is 4.94. The lowest BCUT2D eigenvalue weighted by molar-refractivity contribution is -0.145. The van der Waals surface area contributed by atoms with E-state index in [4.69, 9.17) is 5.41 Å². The molecule has 86 valence electrons. The summed E-state index contributed by atoms with van der Waals surface area (Å²) in [4.78, 5) is 11.4. The topological polar surface area (TPSA) is 50.2 Å². The summed E-state index contributed by atoms with van der Waals surface area (Å²) in [6, 6.07) is 5.78. The van der Waals surface area contributed by atoms with E-state index in [-0.39, 0.29) is 17.7 Å². The average molecular weight is 223 g/mol. The Labute approximate surface area is 93.7 Å². The summed E-state index contributed by atoms with van der Waals surface area (Å²) in [6.07, 6.45) is 1.18. The van der Waals surface area contributed by atoms with Gasteiger partial charge in [0.2, 0.25) is 0 Å². The number of hydrogen-bond acceptors (Lipinski definition) is 3. The lowest BCUT2D eigenvalue weighted by Crippen LogP contribution is -2.21. The van der Waals surface area contributed by atoms with Gasteiger partial charge in [-0.1, -0.05) is 19.1 Å². The molecule has 0 fully saturated rings. The number of benzene rings is 1. The van der Waals surface area contributed by atoms with Crippen molar-refractivity contribution >= 4 is 12.2 Å². The first-order chi connectivity index (χ1) is 7.60. The van der Waals surface area contributed by atoms with Crippen molar-refractivity contribution < 1.29 is 13.9 Å². The van der Waals surface area contributed by atoms with Crippen molar-refractivity contribution in [1.29, 1.82) is 5.41 Å². The molecule has 1 rings (SSSR count). The quantitative estimate of drug-likeness (QED) is 0.629. The molecule has 1 aromatic rings. The Balaban J connectivity index is 2.94. The Morgan fingerprint density at radius 2 is 2.00 bits per heavy atom. The van der Waals surface area contributed by atoms with Gasteiger partial charge in [0.05, 0.1) is 13.0 Å². The maximum Gasteiger partial charge on any atom is 0.309 e. The van der Waals surface area contributed by atoms with Crippen molar-refractivity contribution in [1.82, 2.24) is 0 Å². The van der Waals surface area contributed by atoms with Crippen LogP contribution in [0, 0.1) is 17.1 Å². The van der Waals surface area contributed by atoms with Gasteiger partial charge in [0.15, 0.2) is 0 Å². The first-order valence-electron chi connectivity index (χ1n) is 4.94. The van der Waals surface area contributed by atoms with Crippen LogP contribution >= 0.6 is 0 Å². The molecule has 0 aliphatic rings. The molecular weight excluding hydrogens is 209 g/mol. The van der Waals surface area contributed by atoms with E-state index in [0.29, 0.717) is 0 Å². The third kappa shape index (κ3) is 2.66. The Morgan fingerprint density at radius 3 is 2.44 bits per heavy atom. The fourth-order valence-electron chi connectivity index (χ4n) is 1.55. The fourth-order valence-corrected chi connectivity index (χ4v) is 1.55. The highest BCUT2D eigenvalue weighted by atomic mass is 19.1. The van der Waals surface area contributed by atoms with Crippen LogP contribution in [0.25, 0.3) is 0 Å². The van der Waals surface area contributed by atoms with E-state index < -0.39 is 5.92 Å². The van der Waals surface area contributed by atoms with Gasteiger partial charge in [-0.3, -0.25) is 4.79 Å². The van der Waals surface area contributed by atoms with Gasteiger partial charge >= 0.3 is 5.97 Å². The highest BCUT2D eigenvalue weighted by Gasteiger charge is 2.24. The highest BCUT2D eigenvalue weighted by molar-refractivity contribution is 5.80. The molecule has 0 aliphatic heterocycles. The molecule has 0 spiro atoms. The second-order valence-corrected chi connectivity index (χ2v) is 3.56. The normalized spacial score (nSPS) is 13.9. The van der Waals surface area contributed by atoms with Crippen molar-refractivity contribution in [3.63, 3.8) is 0 Å². The largest absolute Gasteiger partial charge is 0.469 e. The monoisotopic (exact) mass is 223 g/mol. The zero-order valence-electron chi connectivity index (χ0n) is 9.24. The van der Waals surface area contributed by atoms with Crippen molar-refractivity contribution in [2.75, 3.05) is 7.11 Å². The molecular formula is C12H14FNO2. The number of nitrogens with one attached hydrogen (secondary N) is 1. The zero-order valence-corrected chi connectivity index (χ0v) is 9.24. The Morgan fingerprint density at radius 1 is 1.44 bits per heavy atom. The molecule has 1 aromatic carbocycles. The third-order valence-corrected chi connectivity index (χ3v) is 2.55. The summed E-state index contributed by atoms with van der Waals surface area (Å²) in [5, 5.41) is 7.32. The molecule has 0 aromatic heterocycles. The van der Waals surface area contributed by atoms with E-state index in [0.717, 1.165) is 5.56 Å². The number of carbonyl (C=O) groups is 1. The second kappa shape index (κ2) is 5.39. The molecule has 0 heterocycles. The molecule has 0 aliphatic carbocycles. The van der Waals surface area contributed by atoms with Gasteiger partial charge in [0.1, 0.15) is 5.82 Å². The third-order valence-electron chi connectivity index (χ3n) is 2.55. The van der Waals surface area contributed by atoms with Crippen molar-refractivity contribution in [3.05, 3.63) is 35.6 Å². The van der Waals surface area contributed by atoms with Crippen LogP contribution in [-0.4, -0.2) is 19.3 Å². The van der Waals surface area contributed by atoms with Crippen molar-refractivity contribution in [2.24, 2.45) is 5.92 Å². The molecule has 4 heteroatoms. The molecule has 3 nitrogen and oxygen atoms in total. The van der Waals surface area contributed by atoms with E-state index >= 15 is 0 Å². The summed E-state index contributed by atoms with van der Waals surface area (Å²) < 4.78 is 17.4. The van der Waals surface area contributed by atoms with Crippen LogP contribution in [0.3, 0.4) is 0 Å². The minimum Gasteiger partial charge on any atom is -0.469 e. The molecule has 1 N–H and O–H groups in total. The molecule has 0 bridgehead atoms. The van der Waals surface area contributed by atoms with Gasteiger partial charge in [-0.25, -0.2) is 4.39 Å². The van der Waals surface area contributed by atoms with Gasteiger partial charge in [-0.05, 0) is 17.7 Å². The Bertz CT molecular complexity index is 375. The molecule has 0 saturated heterocycles. The number of methoxy groups -OCH3 is 1. The number of carbonyl (C=O) groups excluding carboxylic acids is 1. The number of rotatable bonds is 4. The van der Waals surface area contributed by atoms with Crippen molar-refractivity contribution in [3.8, 4) is 0 Å². The summed E-state index contributed by atoms with van der Waals surface area (Å²) in [5.74, 6) is -1.54. The van der Waals surface area contributed by atoms with Crippen LogP contribution in [0.1, 0.15) is 18.4 Å². The Kier molecular flexibility index (Phi) is 4.17. The molecule has 2 unspecified atom stereocenters. The van der Waals surface area contributed by atoms with Crippen LogP contribution in [0.4, 0.5) is 4.39 Å². The van der Waals surface area contributed by atoms with E-state index in [9.17, 15) is 9.18 Å². The van der Waals surface area contributed by atoms with Gasteiger partial charge in [0, 0.05) is 12.1 Å². The number of hydrogen-bond donors (Lipinski definition) is 1. The van der Waals surface area contributed by atoms with Crippen LogP contribution in [0.2, 0.25) is 0 Å². The number of halogens is 1. The minimum absolute atomic E-state index is 0.335. The summed E-state index contributed by atoms with van der Waals surface area (Å²) in [6.45, 7) is 1.69. The van der Waals surface area contributed by atoms with Gasteiger partial charge in [0.25, 0.3) is 0 Å². The number of ether oxygens (including phenoxy) is 1. The van der Waals surface area contributed by atoms with E-state index in [1.165, 1.54) is 25.5 Å². The smallest absolute Gasteiger partial charge is 0.309 e. The van der Waals surface area contributed by atoms with Gasteiger partial charge in [-0.2, -0.15) is 0 Å². The van der Waals surface area contributed by atoms with E-state index in [2.05, 4.69) is 4.74 Å². The molecule has 0 saturated carbocycles. The second-order valence-electron chi connectivity index (χ2n) is 3.56. The molecule has 16 heavy (non-hydrogen) atoms. The van der Waals surface area contributed by atoms with Crippen molar-refractivity contribution in [2.45, 2.75) is 12.8 Å². The molecule has 2 atom stereocenters. The van der Waals surface area contributed by atoms with E-state index in [1.54, 1.807) is 19.1 Å². The minimum atomic E-state index is -0.451. The summed E-state index contributed by atoms with van der Waals surface area (Å²) in [7, 11) is 1.31. The predicted molar refractivity (Wildman–Crippen MR) is 59.1 cm³/mol. The summed E-state index contributed by atoms with van der Waals surface area (Å²) in [5.41, 5.74) is 0.731. The van der Waals surface area contributed by atoms with Gasteiger partial charge < -0.3 is 10.1 Å². The molecule has 0 radical (unpaired) electrons. The van der Waals surface area contributed by atoms with Crippen LogP contribution < -0.4 is 0 Å². The lowest BCUT2D eigenvalue weighted by Gasteiger charge is -2.17. The summed E-state index contributed by atoms with van der Waals surface area (Å²) >= 11 is 0. The van der Waals surface area contributed by atoms with Crippen LogP contribution in [0.15, 0.2) is 24.3 Å². The average Bonchev–Trinajstić information content (AvgIpc) is 2.31. The highest BCUT2D eigenvalue weighted by Crippen LogP contribution is 2.23. The van der Waals surface area contributed by atoms with Crippen LogP contribution in [-0.2, 0) is 9.53 Å².